The molecule has 2 rings (SSSR count). The fourth-order valence-corrected chi connectivity index (χ4v) is 3.56. The van der Waals surface area contributed by atoms with E-state index in [1.807, 2.05) is 0 Å². The van der Waals surface area contributed by atoms with Crippen LogP contribution in [0.2, 0.25) is 0 Å². The van der Waals surface area contributed by atoms with E-state index in [0.717, 1.165) is 12.0 Å². The molecule has 0 aromatic heterocycles. The van der Waals surface area contributed by atoms with Gasteiger partial charge in [-0.3, -0.25) is 4.79 Å². The number of fused-ring (bicyclic) bond motifs is 1. The zero-order valence-corrected chi connectivity index (χ0v) is 14.0. The van der Waals surface area contributed by atoms with Crippen LogP contribution in [-0.4, -0.2) is 33.5 Å². The average molecular weight is 325 g/mol. The highest BCUT2D eigenvalue weighted by Crippen LogP contribution is 2.31. The molecule has 0 aliphatic carbocycles. The summed E-state index contributed by atoms with van der Waals surface area (Å²) in [5, 5.41) is 0. The Bertz CT molecular complexity index is 671. The molecule has 0 fully saturated rings. The van der Waals surface area contributed by atoms with Crippen LogP contribution in [0.25, 0.3) is 0 Å². The molecule has 2 atom stereocenters. The van der Waals surface area contributed by atoms with Crippen molar-refractivity contribution in [2.24, 2.45) is 11.7 Å². The van der Waals surface area contributed by atoms with Crippen LogP contribution in [0.4, 0.5) is 5.69 Å². The van der Waals surface area contributed by atoms with Crippen molar-refractivity contribution in [1.29, 1.82) is 0 Å². The van der Waals surface area contributed by atoms with E-state index in [1.165, 1.54) is 0 Å². The second-order valence-corrected chi connectivity index (χ2v) is 7.45. The predicted molar refractivity (Wildman–Crippen MR) is 86.2 cm³/mol. The van der Waals surface area contributed by atoms with Crippen molar-refractivity contribution < 1.29 is 13.2 Å². The number of hydrogen-bond donors (Lipinski definition) is 2. The van der Waals surface area contributed by atoms with Crippen molar-refractivity contribution >= 4 is 21.6 Å². The number of hydrogen-bond acceptors (Lipinski definition) is 4. The number of rotatable bonds is 5. The van der Waals surface area contributed by atoms with Crippen molar-refractivity contribution in [2.45, 2.75) is 38.1 Å². The summed E-state index contributed by atoms with van der Waals surface area (Å²) in [5.41, 5.74) is 7.47. The first kappa shape index (κ1) is 16.9. The van der Waals surface area contributed by atoms with E-state index in [2.05, 4.69) is 4.72 Å². The third-order valence-electron chi connectivity index (χ3n) is 4.04. The fourth-order valence-electron chi connectivity index (χ4n) is 2.50. The van der Waals surface area contributed by atoms with E-state index in [4.69, 9.17) is 5.73 Å². The van der Waals surface area contributed by atoms with Gasteiger partial charge in [-0.25, -0.2) is 13.1 Å². The summed E-state index contributed by atoms with van der Waals surface area (Å²) in [5.74, 6) is -0.369. The molecule has 2 unspecified atom stereocenters. The van der Waals surface area contributed by atoms with Gasteiger partial charge in [0.05, 0.1) is 10.8 Å². The fraction of sp³-hybridized carbons (Fsp3) is 0.533. The third-order valence-corrected chi connectivity index (χ3v) is 5.58. The maximum Gasteiger partial charge on any atom is 0.240 e. The molecule has 1 heterocycles. The van der Waals surface area contributed by atoms with Gasteiger partial charge in [-0.15, -0.1) is 0 Å². The predicted octanol–water partition coefficient (Wildman–Crippen LogP) is 0.857. The number of anilines is 1. The Labute approximate surface area is 131 Å². The van der Waals surface area contributed by atoms with Crippen molar-refractivity contribution in [3.05, 3.63) is 23.8 Å². The highest BCUT2D eigenvalue weighted by Gasteiger charge is 2.30. The maximum atomic E-state index is 12.5. The molecule has 0 radical (unpaired) electrons. The molecule has 1 amide bonds. The summed E-state index contributed by atoms with van der Waals surface area (Å²) in [6.45, 7) is 6.21. The van der Waals surface area contributed by atoms with Gasteiger partial charge in [0.15, 0.2) is 0 Å². The van der Waals surface area contributed by atoms with Gasteiger partial charge >= 0.3 is 0 Å². The van der Waals surface area contributed by atoms with E-state index in [0.29, 0.717) is 18.8 Å². The molecule has 0 saturated carbocycles. The Morgan fingerprint density at radius 1 is 1.41 bits per heavy atom. The van der Waals surface area contributed by atoms with Gasteiger partial charge in [0.2, 0.25) is 15.9 Å². The Kier molecular flexibility index (Phi) is 4.89. The highest BCUT2D eigenvalue weighted by atomic mass is 32.2. The van der Waals surface area contributed by atoms with Crippen LogP contribution in [0.15, 0.2) is 23.1 Å². The number of nitrogens with two attached hydrogens (primary N) is 1. The van der Waals surface area contributed by atoms with E-state index >= 15 is 0 Å². The molecule has 1 aromatic rings. The minimum absolute atomic E-state index is 0.0632. The summed E-state index contributed by atoms with van der Waals surface area (Å²) < 4.78 is 26.7. The van der Waals surface area contributed by atoms with Gasteiger partial charge in [-0.05, 0) is 31.0 Å². The molecule has 6 nitrogen and oxygen atoms in total. The van der Waals surface area contributed by atoms with Crippen LogP contribution in [0.1, 0.15) is 26.3 Å². The molecule has 0 saturated heterocycles. The van der Waals surface area contributed by atoms with Crippen LogP contribution < -0.4 is 15.4 Å². The number of sulfonamides is 1. The van der Waals surface area contributed by atoms with E-state index in [1.54, 1.807) is 43.9 Å². The molecular formula is C15H23N3O3S. The first-order chi connectivity index (χ1) is 10.3. The zero-order valence-electron chi connectivity index (χ0n) is 13.2. The minimum Gasteiger partial charge on any atom is -0.327 e. The van der Waals surface area contributed by atoms with Crippen LogP contribution in [0.3, 0.4) is 0 Å². The van der Waals surface area contributed by atoms with Crippen LogP contribution >= 0.6 is 0 Å². The van der Waals surface area contributed by atoms with E-state index in [9.17, 15) is 13.2 Å². The molecule has 3 N–H and O–H groups in total. The van der Waals surface area contributed by atoms with Crippen LogP contribution in [-0.2, 0) is 21.2 Å². The molecule has 7 heteroatoms. The average Bonchev–Trinajstić information content (AvgIpc) is 2.88. The third kappa shape index (κ3) is 3.16. The molecule has 1 aliphatic rings. The van der Waals surface area contributed by atoms with Gasteiger partial charge in [0, 0.05) is 24.8 Å². The Morgan fingerprint density at radius 2 is 2.09 bits per heavy atom. The Balaban J connectivity index is 2.37. The van der Waals surface area contributed by atoms with Gasteiger partial charge in [0.25, 0.3) is 0 Å². The van der Waals surface area contributed by atoms with Crippen molar-refractivity contribution in [1.82, 2.24) is 4.72 Å². The van der Waals surface area contributed by atoms with Crippen molar-refractivity contribution in [3.8, 4) is 0 Å². The first-order valence-corrected chi connectivity index (χ1v) is 8.95. The monoisotopic (exact) mass is 325 g/mol. The van der Waals surface area contributed by atoms with Crippen LogP contribution in [0.5, 0.6) is 0 Å². The summed E-state index contributed by atoms with van der Waals surface area (Å²) in [4.78, 5) is 14.3. The summed E-state index contributed by atoms with van der Waals surface area (Å²) in [6, 6.07) is 4.69. The number of carbonyl (C=O) groups is 1. The number of amides is 1. The van der Waals surface area contributed by atoms with Gasteiger partial charge in [0.1, 0.15) is 0 Å². The van der Waals surface area contributed by atoms with Crippen molar-refractivity contribution in [2.75, 3.05) is 18.0 Å². The standard InChI is InChI=1S/C15H23N3O3S/c1-4-17-22(20,21)13-6-5-12-7-8-18(14(12)9-13)15(19)10(2)11(3)16/h5-6,9-11,17H,4,7-8,16H2,1-3H3. The number of nitrogens with one attached hydrogen (secondary N) is 1. The first-order valence-electron chi connectivity index (χ1n) is 7.47. The van der Waals surface area contributed by atoms with E-state index in [-0.39, 0.29) is 22.8 Å². The van der Waals surface area contributed by atoms with Gasteiger partial charge in [-0.1, -0.05) is 19.9 Å². The molecule has 0 spiro atoms. The van der Waals surface area contributed by atoms with Gasteiger partial charge in [-0.2, -0.15) is 0 Å². The smallest absolute Gasteiger partial charge is 0.240 e. The molecule has 1 aliphatic heterocycles. The van der Waals surface area contributed by atoms with Crippen molar-refractivity contribution in [3.63, 3.8) is 0 Å². The lowest BCUT2D eigenvalue weighted by molar-refractivity contribution is -0.122. The molecular weight excluding hydrogens is 302 g/mol. The van der Waals surface area contributed by atoms with E-state index < -0.39 is 10.0 Å². The molecule has 1 aromatic carbocycles. The number of nitrogens with zero attached hydrogens (tertiary/aromatic N) is 1. The van der Waals surface area contributed by atoms with Crippen LogP contribution in [0, 0.1) is 5.92 Å². The van der Waals surface area contributed by atoms with Gasteiger partial charge < -0.3 is 10.6 Å². The number of benzene rings is 1. The molecule has 0 bridgehead atoms. The lowest BCUT2D eigenvalue weighted by atomic mass is 10.0. The largest absolute Gasteiger partial charge is 0.327 e. The summed E-state index contributed by atoms with van der Waals surface area (Å²) >= 11 is 0. The summed E-state index contributed by atoms with van der Waals surface area (Å²) in [6.07, 6.45) is 0.730. The Morgan fingerprint density at radius 3 is 2.68 bits per heavy atom. The molecule has 122 valence electrons. The topological polar surface area (TPSA) is 92.5 Å². The normalized spacial score (nSPS) is 17.2. The Hall–Kier alpha value is -1.44. The lowest BCUT2D eigenvalue weighted by Gasteiger charge is -2.24. The lowest BCUT2D eigenvalue weighted by Crippen LogP contribution is -2.41. The second kappa shape index (κ2) is 6.36. The highest BCUT2D eigenvalue weighted by molar-refractivity contribution is 7.89. The zero-order chi connectivity index (χ0) is 16.5. The minimum atomic E-state index is -3.53. The quantitative estimate of drug-likeness (QED) is 0.840. The maximum absolute atomic E-state index is 12.5. The number of carbonyl (C=O) groups excluding carboxylic acids is 1. The summed E-state index contributed by atoms with van der Waals surface area (Å²) in [7, 11) is -3.53. The second-order valence-electron chi connectivity index (χ2n) is 5.68. The molecule has 22 heavy (non-hydrogen) atoms. The SMILES string of the molecule is CCNS(=O)(=O)c1ccc2c(c1)N(C(=O)C(C)C(C)N)CC2.